The number of hydrogen-bond acceptors (Lipinski definition) is 2. The van der Waals surface area contributed by atoms with Gasteiger partial charge in [0, 0.05) is 0 Å². The van der Waals surface area contributed by atoms with E-state index in [1.54, 1.807) is 6.07 Å². The molecule has 0 amide bonds. The van der Waals surface area contributed by atoms with Crippen molar-refractivity contribution in [3.8, 4) is 0 Å². The Kier molecular flexibility index (Phi) is 6.82. The van der Waals surface area contributed by atoms with Crippen molar-refractivity contribution in [3.05, 3.63) is 35.6 Å². The van der Waals surface area contributed by atoms with E-state index >= 15 is 0 Å². The van der Waals surface area contributed by atoms with Crippen molar-refractivity contribution >= 4 is 0 Å². The van der Waals surface area contributed by atoms with Crippen LogP contribution in [0.4, 0.5) is 4.39 Å². The molecule has 1 atom stereocenters. The van der Waals surface area contributed by atoms with E-state index in [0.29, 0.717) is 5.92 Å². The van der Waals surface area contributed by atoms with E-state index in [1.165, 1.54) is 6.07 Å². The van der Waals surface area contributed by atoms with Crippen LogP contribution in [0.25, 0.3) is 0 Å². The van der Waals surface area contributed by atoms with Crippen molar-refractivity contribution in [2.75, 3.05) is 26.7 Å². The number of halogens is 1. The molecular weight excluding hydrogens is 215 g/mol. The maximum atomic E-state index is 13.3. The van der Waals surface area contributed by atoms with E-state index in [-0.39, 0.29) is 5.82 Å². The summed E-state index contributed by atoms with van der Waals surface area (Å²) in [7, 11) is 1.97. The first-order valence-corrected chi connectivity index (χ1v) is 6.36. The molecule has 2 nitrogen and oxygen atoms in total. The van der Waals surface area contributed by atoms with Gasteiger partial charge in [-0.3, -0.25) is 0 Å². The first-order valence-electron chi connectivity index (χ1n) is 6.36. The Morgan fingerprint density at radius 1 is 1.24 bits per heavy atom. The van der Waals surface area contributed by atoms with Crippen molar-refractivity contribution in [3.63, 3.8) is 0 Å². The summed E-state index contributed by atoms with van der Waals surface area (Å²) in [5.74, 6) is 0.553. The third kappa shape index (κ3) is 5.29. The fourth-order valence-electron chi connectivity index (χ4n) is 1.88. The third-order valence-corrected chi connectivity index (χ3v) is 3.03. The van der Waals surface area contributed by atoms with Crippen LogP contribution in [0, 0.1) is 11.7 Å². The number of nitrogens with one attached hydrogen (secondary N) is 2. The van der Waals surface area contributed by atoms with Gasteiger partial charge in [-0.05, 0) is 50.7 Å². The van der Waals surface area contributed by atoms with Gasteiger partial charge in [-0.1, -0.05) is 31.5 Å². The molecule has 0 saturated heterocycles. The van der Waals surface area contributed by atoms with Gasteiger partial charge in [0.25, 0.3) is 0 Å². The minimum atomic E-state index is -0.100. The van der Waals surface area contributed by atoms with Gasteiger partial charge in [-0.2, -0.15) is 0 Å². The van der Waals surface area contributed by atoms with E-state index in [4.69, 9.17) is 0 Å². The molecule has 0 aliphatic heterocycles. The number of hydrogen-bond donors (Lipinski definition) is 2. The minimum Gasteiger partial charge on any atom is -0.319 e. The molecule has 3 heteroatoms. The van der Waals surface area contributed by atoms with Crippen LogP contribution < -0.4 is 10.6 Å². The van der Waals surface area contributed by atoms with Gasteiger partial charge in [0.05, 0.1) is 0 Å². The van der Waals surface area contributed by atoms with Crippen molar-refractivity contribution in [2.45, 2.75) is 19.8 Å². The maximum absolute atomic E-state index is 13.3. The van der Waals surface area contributed by atoms with E-state index in [2.05, 4.69) is 17.6 Å². The molecule has 17 heavy (non-hydrogen) atoms. The van der Waals surface area contributed by atoms with Gasteiger partial charge in [-0.15, -0.1) is 0 Å². The fraction of sp³-hybridized carbons (Fsp3) is 0.571. The van der Waals surface area contributed by atoms with E-state index in [9.17, 15) is 4.39 Å². The molecule has 1 aromatic rings. The van der Waals surface area contributed by atoms with E-state index in [0.717, 1.165) is 38.0 Å². The summed E-state index contributed by atoms with van der Waals surface area (Å²) in [6.07, 6.45) is 1.91. The average Bonchev–Trinajstić information content (AvgIpc) is 2.35. The average molecular weight is 238 g/mol. The summed E-state index contributed by atoms with van der Waals surface area (Å²) >= 11 is 0. The van der Waals surface area contributed by atoms with Gasteiger partial charge < -0.3 is 10.6 Å². The molecule has 0 radical (unpaired) electrons. The molecule has 0 fully saturated rings. The molecule has 1 unspecified atom stereocenters. The highest BCUT2D eigenvalue weighted by Gasteiger charge is 2.04. The first kappa shape index (κ1) is 14.1. The van der Waals surface area contributed by atoms with Gasteiger partial charge in [0.2, 0.25) is 0 Å². The van der Waals surface area contributed by atoms with Crippen molar-refractivity contribution < 1.29 is 4.39 Å². The molecular formula is C14H23FN2. The van der Waals surface area contributed by atoms with E-state index in [1.807, 2.05) is 19.2 Å². The zero-order valence-corrected chi connectivity index (χ0v) is 10.8. The van der Waals surface area contributed by atoms with Gasteiger partial charge >= 0.3 is 0 Å². The highest BCUT2D eigenvalue weighted by Crippen LogP contribution is 2.06. The Morgan fingerprint density at radius 3 is 2.65 bits per heavy atom. The second kappa shape index (κ2) is 8.20. The normalized spacial score (nSPS) is 12.6. The first-order chi connectivity index (χ1) is 8.27. The monoisotopic (exact) mass is 238 g/mol. The van der Waals surface area contributed by atoms with Crippen LogP contribution in [0.5, 0.6) is 0 Å². The summed E-state index contributed by atoms with van der Waals surface area (Å²) in [4.78, 5) is 0. The molecule has 0 spiro atoms. The smallest absolute Gasteiger partial charge is 0.126 e. The second-order valence-corrected chi connectivity index (χ2v) is 4.38. The highest BCUT2D eigenvalue weighted by atomic mass is 19.1. The Morgan fingerprint density at radius 2 is 2.00 bits per heavy atom. The lowest BCUT2D eigenvalue weighted by atomic mass is 10.1. The van der Waals surface area contributed by atoms with Crippen LogP contribution in [0.2, 0.25) is 0 Å². The van der Waals surface area contributed by atoms with Crippen LogP contribution >= 0.6 is 0 Å². The molecule has 0 aliphatic rings. The Hall–Kier alpha value is -0.930. The highest BCUT2D eigenvalue weighted by molar-refractivity contribution is 5.17. The lowest BCUT2D eigenvalue weighted by Crippen LogP contribution is -2.30. The molecule has 96 valence electrons. The summed E-state index contributed by atoms with van der Waals surface area (Å²) in [6.45, 7) is 5.05. The molecule has 2 N–H and O–H groups in total. The molecule has 0 saturated carbocycles. The third-order valence-electron chi connectivity index (χ3n) is 3.03. The lowest BCUT2D eigenvalue weighted by molar-refractivity contribution is 0.446. The van der Waals surface area contributed by atoms with Crippen molar-refractivity contribution in [2.24, 2.45) is 5.92 Å². The number of benzene rings is 1. The fourth-order valence-corrected chi connectivity index (χ4v) is 1.88. The largest absolute Gasteiger partial charge is 0.319 e. The molecule has 1 aromatic carbocycles. The minimum absolute atomic E-state index is 0.100. The van der Waals surface area contributed by atoms with Crippen LogP contribution in [-0.2, 0) is 6.42 Å². The van der Waals surface area contributed by atoms with Crippen molar-refractivity contribution in [1.82, 2.24) is 10.6 Å². The summed E-state index contributed by atoms with van der Waals surface area (Å²) in [5, 5.41) is 6.58. The van der Waals surface area contributed by atoms with Crippen LogP contribution in [0.15, 0.2) is 24.3 Å². The Bertz CT molecular complexity index is 315. The zero-order valence-electron chi connectivity index (χ0n) is 10.8. The lowest BCUT2D eigenvalue weighted by Gasteiger charge is -2.15. The summed E-state index contributed by atoms with van der Waals surface area (Å²) < 4.78 is 13.3. The van der Waals surface area contributed by atoms with Gasteiger partial charge in [0.15, 0.2) is 0 Å². The molecule has 0 aliphatic carbocycles. The predicted octanol–water partition coefficient (Wildman–Crippen LogP) is 2.20. The molecule has 1 rings (SSSR count). The van der Waals surface area contributed by atoms with Gasteiger partial charge in [-0.25, -0.2) is 4.39 Å². The Balaban J connectivity index is 2.22. The topological polar surface area (TPSA) is 24.1 Å². The van der Waals surface area contributed by atoms with E-state index < -0.39 is 0 Å². The summed E-state index contributed by atoms with van der Waals surface area (Å²) in [5.41, 5.74) is 0.793. The van der Waals surface area contributed by atoms with Crippen LogP contribution in [0.1, 0.15) is 18.9 Å². The molecule has 0 bridgehead atoms. The quantitative estimate of drug-likeness (QED) is 0.679. The SMILES string of the molecule is CCC(CNC)CNCCc1ccccc1F. The maximum Gasteiger partial charge on any atom is 0.126 e. The van der Waals surface area contributed by atoms with Crippen LogP contribution in [-0.4, -0.2) is 26.7 Å². The standard InChI is InChI=1S/C14H23FN2/c1-3-12(10-16-2)11-17-9-8-13-6-4-5-7-14(13)15/h4-7,12,16-17H,3,8-11H2,1-2H3. The number of rotatable bonds is 8. The van der Waals surface area contributed by atoms with Crippen LogP contribution in [0.3, 0.4) is 0 Å². The van der Waals surface area contributed by atoms with Gasteiger partial charge in [0.1, 0.15) is 5.82 Å². The second-order valence-electron chi connectivity index (χ2n) is 4.38. The Labute approximate surface area is 104 Å². The molecule has 0 heterocycles. The summed E-state index contributed by atoms with van der Waals surface area (Å²) in [6, 6.07) is 6.98. The predicted molar refractivity (Wildman–Crippen MR) is 70.7 cm³/mol. The molecule has 0 aromatic heterocycles. The van der Waals surface area contributed by atoms with Crippen molar-refractivity contribution in [1.29, 1.82) is 0 Å². The zero-order chi connectivity index (χ0) is 12.5.